The van der Waals surface area contributed by atoms with Crippen molar-refractivity contribution < 1.29 is 9.59 Å². The number of hydrogen-bond acceptors (Lipinski definition) is 2. The van der Waals surface area contributed by atoms with Crippen LogP contribution in [0.2, 0.25) is 0 Å². The standard InChI is InChI=1S/C15H28N2O2/c1-6-9-12-13(18)16-15(7-2,8-3)14(19)17(12)10-11(4)5/h11-12H,6-10H2,1-5H3,(H,16,18). The third-order valence-corrected chi connectivity index (χ3v) is 4.04. The van der Waals surface area contributed by atoms with Crippen LogP contribution in [0.25, 0.3) is 0 Å². The molecule has 1 saturated heterocycles. The van der Waals surface area contributed by atoms with Crippen LogP contribution in [0, 0.1) is 5.92 Å². The molecule has 0 aliphatic carbocycles. The summed E-state index contributed by atoms with van der Waals surface area (Å²) in [4.78, 5) is 27.0. The highest BCUT2D eigenvalue weighted by atomic mass is 16.2. The Bertz CT molecular complexity index is 335. The highest BCUT2D eigenvalue weighted by Crippen LogP contribution is 2.27. The van der Waals surface area contributed by atoms with Crippen LogP contribution < -0.4 is 5.32 Å². The van der Waals surface area contributed by atoms with Crippen molar-refractivity contribution in [3.8, 4) is 0 Å². The van der Waals surface area contributed by atoms with Gasteiger partial charge in [0.1, 0.15) is 11.6 Å². The van der Waals surface area contributed by atoms with Crippen molar-refractivity contribution >= 4 is 11.8 Å². The average molecular weight is 268 g/mol. The normalized spacial score (nSPS) is 22.8. The van der Waals surface area contributed by atoms with Crippen molar-refractivity contribution in [2.75, 3.05) is 6.54 Å². The van der Waals surface area contributed by atoms with E-state index >= 15 is 0 Å². The van der Waals surface area contributed by atoms with Crippen LogP contribution in [0.4, 0.5) is 0 Å². The van der Waals surface area contributed by atoms with Crippen LogP contribution in [0.5, 0.6) is 0 Å². The molecule has 4 heteroatoms. The first-order valence-corrected chi connectivity index (χ1v) is 7.54. The van der Waals surface area contributed by atoms with Gasteiger partial charge in [0, 0.05) is 6.54 Å². The van der Waals surface area contributed by atoms with Crippen molar-refractivity contribution in [3.05, 3.63) is 0 Å². The molecule has 0 aromatic carbocycles. The molecule has 0 aromatic heterocycles. The van der Waals surface area contributed by atoms with E-state index < -0.39 is 5.54 Å². The Kier molecular flexibility index (Phi) is 5.39. The molecule has 1 N–H and O–H groups in total. The molecule has 1 rings (SSSR count). The molecule has 0 saturated carbocycles. The summed E-state index contributed by atoms with van der Waals surface area (Å²) in [7, 11) is 0. The number of carbonyl (C=O) groups excluding carboxylic acids is 2. The molecular formula is C15H28N2O2. The lowest BCUT2D eigenvalue weighted by molar-refractivity contribution is -0.156. The van der Waals surface area contributed by atoms with Crippen molar-refractivity contribution in [3.63, 3.8) is 0 Å². The summed E-state index contributed by atoms with van der Waals surface area (Å²) in [5.41, 5.74) is -0.684. The fourth-order valence-electron chi connectivity index (χ4n) is 2.82. The Morgan fingerprint density at radius 1 is 1.21 bits per heavy atom. The largest absolute Gasteiger partial charge is 0.340 e. The highest BCUT2D eigenvalue weighted by Gasteiger charge is 2.48. The van der Waals surface area contributed by atoms with E-state index in [0.29, 0.717) is 25.3 Å². The molecule has 1 unspecified atom stereocenters. The van der Waals surface area contributed by atoms with Gasteiger partial charge in [-0.1, -0.05) is 41.0 Å². The zero-order valence-electron chi connectivity index (χ0n) is 13.0. The number of nitrogens with zero attached hydrogens (tertiary/aromatic N) is 1. The van der Waals surface area contributed by atoms with Gasteiger partial charge in [0.05, 0.1) is 0 Å². The summed E-state index contributed by atoms with van der Waals surface area (Å²) in [5, 5.41) is 2.99. The van der Waals surface area contributed by atoms with Crippen molar-refractivity contribution in [1.29, 1.82) is 0 Å². The van der Waals surface area contributed by atoms with Crippen LogP contribution in [-0.2, 0) is 9.59 Å². The molecule has 0 aromatic rings. The summed E-state index contributed by atoms with van der Waals surface area (Å²) in [6.07, 6.45) is 2.96. The molecule has 2 amide bonds. The first-order chi connectivity index (χ1) is 8.91. The van der Waals surface area contributed by atoms with Gasteiger partial charge in [-0.15, -0.1) is 0 Å². The predicted octanol–water partition coefficient (Wildman–Crippen LogP) is 2.33. The molecule has 19 heavy (non-hydrogen) atoms. The number of nitrogens with one attached hydrogen (secondary N) is 1. The molecule has 0 bridgehead atoms. The van der Waals surface area contributed by atoms with E-state index in [1.54, 1.807) is 0 Å². The van der Waals surface area contributed by atoms with E-state index in [1.165, 1.54) is 0 Å². The van der Waals surface area contributed by atoms with E-state index in [9.17, 15) is 9.59 Å². The van der Waals surface area contributed by atoms with Crippen molar-refractivity contribution in [1.82, 2.24) is 10.2 Å². The lowest BCUT2D eigenvalue weighted by Crippen LogP contribution is -2.70. The maximum absolute atomic E-state index is 12.8. The second-order valence-electron chi connectivity index (χ2n) is 5.93. The lowest BCUT2D eigenvalue weighted by atomic mass is 9.86. The quantitative estimate of drug-likeness (QED) is 0.803. The molecule has 1 fully saturated rings. The minimum Gasteiger partial charge on any atom is -0.340 e. The first-order valence-electron chi connectivity index (χ1n) is 7.54. The number of amides is 2. The Hall–Kier alpha value is -1.06. The highest BCUT2D eigenvalue weighted by molar-refractivity contribution is 5.99. The average Bonchev–Trinajstić information content (AvgIpc) is 2.37. The summed E-state index contributed by atoms with van der Waals surface area (Å²) < 4.78 is 0. The van der Waals surface area contributed by atoms with Crippen molar-refractivity contribution in [2.24, 2.45) is 5.92 Å². The Morgan fingerprint density at radius 3 is 2.21 bits per heavy atom. The maximum Gasteiger partial charge on any atom is 0.248 e. The van der Waals surface area contributed by atoms with E-state index in [-0.39, 0.29) is 17.9 Å². The van der Waals surface area contributed by atoms with Gasteiger partial charge in [-0.05, 0) is 25.2 Å². The number of carbonyl (C=O) groups is 2. The van der Waals surface area contributed by atoms with Gasteiger partial charge >= 0.3 is 0 Å². The third-order valence-electron chi connectivity index (χ3n) is 4.04. The summed E-state index contributed by atoms with van der Waals surface area (Å²) in [6.45, 7) is 10.8. The molecule has 1 heterocycles. The van der Waals surface area contributed by atoms with Crippen LogP contribution in [0.3, 0.4) is 0 Å². The molecule has 0 radical (unpaired) electrons. The zero-order valence-corrected chi connectivity index (χ0v) is 13.0. The molecule has 110 valence electrons. The SMILES string of the molecule is CCCC1C(=O)NC(CC)(CC)C(=O)N1CC(C)C. The minimum absolute atomic E-state index is 0.0193. The minimum atomic E-state index is -0.684. The van der Waals surface area contributed by atoms with E-state index in [4.69, 9.17) is 0 Å². The lowest BCUT2D eigenvalue weighted by Gasteiger charge is -2.46. The monoisotopic (exact) mass is 268 g/mol. The predicted molar refractivity (Wildman–Crippen MR) is 76.7 cm³/mol. The maximum atomic E-state index is 12.8. The van der Waals surface area contributed by atoms with Crippen molar-refractivity contribution in [2.45, 2.75) is 71.9 Å². The third kappa shape index (κ3) is 3.10. The molecule has 0 spiro atoms. The molecule has 1 aliphatic rings. The molecule has 1 aliphatic heterocycles. The van der Waals surface area contributed by atoms with Gasteiger partial charge in [0.2, 0.25) is 11.8 Å². The number of rotatable bonds is 6. The Morgan fingerprint density at radius 2 is 1.79 bits per heavy atom. The van der Waals surface area contributed by atoms with Gasteiger partial charge in [-0.3, -0.25) is 9.59 Å². The smallest absolute Gasteiger partial charge is 0.248 e. The summed E-state index contributed by atoms with van der Waals surface area (Å²) >= 11 is 0. The van der Waals surface area contributed by atoms with Gasteiger partial charge in [0.25, 0.3) is 0 Å². The molecule has 4 nitrogen and oxygen atoms in total. The second kappa shape index (κ2) is 6.40. The number of piperazine rings is 1. The van der Waals surface area contributed by atoms with Crippen LogP contribution in [0.1, 0.15) is 60.3 Å². The van der Waals surface area contributed by atoms with Gasteiger partial charge in [0.15, 0.2) is 0 Å². The first kappa shape index (κ1) is 16.0. The molecule has 1 atom stereocenters. The van der Waals surface area contributed by atoms with E-state index in [0.717, 1.165) is 12.8 Å². The van der Waals surface area contributed by atoms with Gasteiger partial charge < -0.3 is 10.2 Å². The Labute approximate surface area is 116 Å². The second-order valence-corrected chi connectivity index (χ2v) is 5.93. The van der Waals surface area contributed by atoms with Crippen LogP contribution in [0.15, 0.2) is 0 Å². The topological polar surface area (TPSA) is 49.4 Å². The van der Waals surface area contributed by atoms with Gasteiger partial charge in [-0.2, -0.15) is 0 Å². The van der Waals surface area contributed by atoms with Crippen LogP contribution >= 0.6 is 0 Å². The molecular weight excluding hydrogens is 240 g/mol. The fraction of sp³-hybridized carbons (Fsp3) is 0.867. The summed E-state index contributed by atoms with van der Waals surface area (Å²) in [6, 6.07) is -0.286. The van der Waals surface area contributed by atoms with E-state index in [1.807, 2.05) is 25.7 Å². The summed E-state index contributed by atoms with van der Waals surface area (Å²) in [5.74, 6) is 0.496. The zero-order chi connectivity index (χ0) is 14.6. The number of hydrogen-bond donors (Lipinski definition) is 1. The van der Waals surface area contributed by atoms with Gasteiger partial charge in [-0.25, -0.2) is 0 Å². The van der Waals surface area contributed by atoms with E-state index in [2.05, 4.69) is 19.2 Å². The Balaban J connectivity index is 3.07. The van der Waals surface area contributed by atoms with Crippen LogP contribution in [-0.4, -0.2) is 34.8 Å². The fourth-order valence-corrected chi connectivity index (χ4v) is 2.82.